The lowest BCUT2D eigenvalue weighted by atomic mass is 10.1. The average molecular weight is 384 g/mol. The van der Waals surface area contributed by atoms with Crippen molar-refractivity contribution in [3.8, 4) is 22.6 Å². The van der Waals surface area contributed by atoms with Crippen molar-refractivity contribution in [1.29, 1.82) is 0 Å². The maximum absolute atomic E-state index is 12.3. The van der Waals surface area contributed by atoms with Gasteiger partial charge in [-0.1, -0.05) is 19.4 Å². The zero-order valence-electron chi connectivity index (χ0n) is 16.8. The highest BCUT2D eigenvalue weighted by atomic mass is 16.5. The standard InChI is InChI=1S/C20H24N4O4/c1-6-8-14-18(20(25)28-7-2)21-22-19-17(12(3)23-24(14)19)13-9-10-15(26-4)16(11-13)27-5/h9-11H,6-8H2,1-5H3. The van der Waals surface area contributed by atoms with Crippen LogP contribution in [0.25, 0.3) is 16.8 Å². The number of fused-ring (bicyclic) bond motifs is 1. The second-order valence-corrected chi connectivity index (χ2v) is 6.23. The second-order valence-electron chi connectivity index (χ2n) is 6.23. The molecule has 0 fully saturated rings. The number of nitrogens with zero attached hydrogens (tertiary/aromatic N) is 4. The predicted octanol–water partition coefficient (Wildman–Crippen LogP) is 3.25. The van der Waals surface area contributed by atoms with Gasteiger partial charge in [0.2, 0.25) is 0 Å². The molecule has 8 heteroatoms. The third kappa shape index (κ3) is 3.37. The highest BCUT2D eigenvalue weighted by molar-refractivity contribution is 5.89. The molecule has 0 bridgehead atoms. The van der Waals surface area contributed by atoms with E-state index in [9.17, 15) is 4.79 Å². The summed E-state index contributed by atoms with van der Waals surface area (Å²) in [6, 6.07) is 5.64. The number of methoxy groups -OCH3 is 2. The van der Waals surface area contributed by atoms with Gasteiger partial charge in [-0.05, 0) is 38.0 Å². The molecule has 0 atom stereocenters. The first-order chi connectivity index (χ1) is 13.5. The molecule has 148 valence electrons. The van der Waals surface area contributed by atoms with Crippen LogP contribution >= 0.6 is 0 Å². The third-order valence-corrected chi connectivity index (χ3v) is 4.44. The van der Waals surface area contributed by atoms with E-state index in [-0.39, 0.29) is 12.3 Å². The quantitative estimate of drug-likeness (QED) is 0.578. The van der Waals surface area contributed by atoms with Crippen molar-refractivity contribution in [2.75, 3.05) is 20.8 Å². The number of rotatable bonds is 7. The Balaban J connectivity index is 2.22. The molecule has 0 aliphatic carbocycles. The van der Waals surface area contributed by atoms with E-state index in [1.165, 1.54) is 0 Å². The molecule has 1 aromatic carbocycles. The first kappa shape index (κ1) is 19.6. The van der Waals surface area contributed by atoms with Gasteiger partial charge in [0, 0.05) is 0 Å². The van der Waals surface area contributed by atoms with Crippen LogP contribution in [0, 0.1) is 6.92 Å². The first-order valence-electron chi connectivity index (χ1n) is 9.20. The van der Waals surface area contributed by atoms with E-state index in [2.05, 4.69) is 15.3 Å². The van der Waals surface area contributed by atoms with Gasteiger partial charge in [0.05, 0.1) is 37.8 Å². The zero-order valence-corrected chi connectivity index (χ0v) is 16.8. The van der Waals surface area contributed by atoms with Crippen molar-refractivity contribution < 1.29 is 19.0 Å². The summed E-state index contributed by atoms with van der Waals surface area (Å²) in [5.74, 6) is 0.771. The summed E-state index contributed by atoms with van der Waals surface area (Å²) >= 11 is 0. The highest BCUT2D eigenvalue weighted by Crippen LogP contribution is 2.35. The van der Waals surface area contributed by atoms with E-state index >= 15 is 0 Å². The summed E-state index contributed by atoms with van der Waals surface area (Å²) in [7, 11) is 3.19. The van der Waals surface area contributed by atoms with E-state index < -0.39 is 5.97 Å². The summed E-state index contributed by atoms with van der Waals surface area (Å²) < 4.78 is 17.6. The summed E-state index contributed by atoms with van der Waals surface area (Å²) in [6.45, 7) is 5.98. The van der Waals surface area contributed by atoms with Gasteiger partial charge in [-0.25, -0.2) is 9.31 Å². The Bertz CT molecular complexity index is 1010. The Kier molecular flexibility index (Phi) is 5.77. The SMILES string of the molecule is CCCc1c(C(=O)OCC)nnc2c(-c3ccc(OC)c(OC)c3)c(C)nn12. The number of aryl methyl sites for hydroxylation is 2. The average Bonchev–Trinajstić information content (AvgIpc) is 3.04. The molecule has 0 radical (unpaired) electrons. The fraction of sp³-hybridized carbons (Fsp3) is 0.400. The first-order valence-corrected chi connectivity index (χ1v) is 9.20. The van der Waals surface area contributed by atoms with Crippen molar-refractivity contribution in [2.45, 2.75) is 33.6 Å². The summed E-state index contributed by atoms with van der Waals surface area (Å²) in [5, 5.41) is 13.1. The summed E-state index contributed by atoms with van der Waals surface area (Å²) in [5.41, 5.74) is 3.98. The Morgan fingerprint density at radius 3 is 2.50 bits per heavy atom. The van der Waals surface area contributed by atoms with Gasteiger partial charge in [0.1, 0.15) is 0 Å². The van der Waals surface area contributed by atoms with E-state index in [1.807, 2.05) is 32.0 Å². The zero-order chi connectivity index (χ0) is 20.3. The van der Waals surface area contributed by atoms with Crippen LogP contribution in [0.2, 0.25) is 0 Å². The molecule has 0 amide bonds. The van der Waals surface area contributed by atoms with E-state index in [1.54, 1.807) is 25.7 Å². The fourth-order valence-corrected chi connectivity index (χ4v) is 3.20. The molecule has 0 aliphatic heterocycles. The van der Waals surface area contributed by atoms with Crippen LogP contribution in [-0.4, -0.2) is 46.6 Å². The second kappa shape index (κ2) is 8.24. The van der Waals surface area contributed by atoms with Crippen molar-refractivity contribution in [3.63, 3.8) is 0 Å². The number of carbonyl (C=O) groups is 1. The van der Waals surface area contributed by atoms with Crippen LogP contribution in [0.3, 0.4) is 0 Å². The van der Waals surface area contributed by atoms with E-state index in [0.29, 0.717) is 29.3 Å². The Labute approximate surface area is 163 Å². The van der Waals surface area contributed by atoms with Crippen LogP contribution < -0.4 is 9.47 Å². The molecule has 2 heterocycles. The maximum Gasteiger partial charge on any atom is 0.360 e. The topological polar surface area (TPSA) is 87.8 Å². The lowest BCUT2D eigenvalue weighted by Gasteiger charge is -2.10. The molecule has 28 heavy (non-hydrogen) atoms. The summed E-state index contributed by atoms with van der Waals surface area (Å²) in [4.78, 5) is 12.3. The monoisotopic (exact) mass is 384 g/mol. The van der Waals surface area contributed by atoms with Gasteiger partial charge in [-0.2, -0.15) is 5.10 Å². The van der Waals surface area contributed by atoms with Gasteiger partial charge in [0.15, 0.2) is 22.8 Å². The Hall–Kier alpha value is -3.16. The molecule has 0 unspecified atom stereocenters. The lowest BCUT2D eigenvalue weighted by molar-refractivity contribution is 0.0515. The van der Waals surface area contributed by atoms with E-state index in [4.69, 9.17) is 14.2 Å². The number of ether oxygens (including phenoxy) is 3. The molecule has 0 spiro atoms. The summed E-state index contributed by atoms with van der Waals surface area (Å²) in [6.07, 6.45) is 1.46. The number of benzene rings is 1. The lowest BCUT2D eigenvalue weighted by Crippen LogP contribution is -2.16. The van der Waals surface area contributed by atoms with Gasteiger partial charge in [-0.3, -0.25) is 0 Å². The third-order valence-electron chi connectivity index (χ3n) is 4.44. The minimum atomic E-state index is -0.485. The molecular weight excluding hydrogens is 360 g/mol. The van der Waals surface area contributed by atoms with Crippen LogP contribution in [-0.2, 0) is 11.2 Å². The number of aromatic nitrogens is 4. The molecule has 2 aromatic heterocycles. The molecule has 0 saturated carbocycles. The van der Waals surface area contributed by atoms with Gasteiger partial charge < -0.3 is 14.2 Å². The van der Waals surface area contributed by atoms with Crippen molar-refractivity contribution in [1.82, 2.24) is 19.8 Å². The van der Waals surface area contributed by atoms with Crippen LogP contribution in [0.1, 0.15) is 42.1 Å². The predicted molar refractivity (Wildman–Crippen MR) is 104 cm³/mol. The number of esters is 1. The van der Waals surface area contributed by atoms with E-state index in [0.717, 1.165) is 23.2 Å². The van der Waals surface area contributed by atoms with Crippen molar-refractivity contribution in [2.24, 2.45) is 0 Å². The molecule has 8 nitrogen and oxygen atoms in total. The van der Waals surface area contributed by atoms with Gasteiger partial charge >= 0.3 is 5.97 Å². The smallest absolute Gasteiger partial charge is 0.360 e. The molecule has 0 aliphatic rings. The normalized spacial score (nSPS) is 10.9. The van der Waals surface area contributed by atoms with Gasteiger partial charge in [-0.15, -0.1) is 10.2 Å². The van der Waals surface area contributed by atoms with Crippen molar-refractivity contribution in [3.05, 3.63) is 35.3 Å². The molecular formula is C20H24N4O4. The molecule has 3 rings (SSSR count). The Morgan fingerprint density at radius 1 is 1.11 bits per heavy atom. The maximum atomic E-state index is 12.3. The minimum absolute atomic E-state index is 0.206. The number of hydrogen-bond donors (Lipinski definition) is 0. The Morgan fingerprint density at radius 2 is 1.86 bits per heavy atom. The largest absolute Gasteiger partial charge is 0.493 e. The molecule has 0 saturated heterocycles. The fourth-order valence-electron chi connectivity index (χ4n) is 3.20. The molecule has 3 aromatic rings. The van der Waals surface area contributed by atoms with Crippen molar-refractivity contribution >= 4 is 11.6 Å². The van der Waals surface area contributed by atoms with Crippen LogP contribution in [0.4, 0.5) is 0 Å². The number of carbonyl (C=O) groups excluding carboxylic acids is 1. The van der Waals surface area contributed by atoms with Crippen LogP contribution in [0.15, 0.2) is 18.2 Å². The van der Waals surface area contributed by atoms with Gasteiger partial charge in [0.25, 0.3) is 0 Å². The number of hydrogen-bond acceptors (Lipinski definition) is 7. The molecule has 0 N–H and O–H groups in total. The van der Waals surface area contributed by atoms with Crippen LogP contribution in [0.5, 0.6) is 11.5 Å². The highest BCUT2D eigenvalue weighted by Gasteiger charge is 2.23. The minimum Gasteiger partial charge on any atom is -0.493 e.